The summed E-state index contributed by atoms with van der Waals surface area (Å²) >= 11 is 0. The zero-order valence-corrected chi connectivity index (χ0v) is 17.3. The molecule has 0 spiro atoms. The van der Waals surface area contributed by atoms with E-state index < -0.39 is 0 Å². The Balaban J connectivity index is 1.55. The number of fused-ring (bicyclic) bond motifs is 3. The van der Waals surface area contributed by atoms with Crippen LogP contribution in [0.5, 0.6) is 0 Å². The first-order valence-corrected chi connectivity index (χ1v) is 10.9. The van der Waals surface area contributed by atoms with Crippen LogP contribution in [-0.4, -0.2) is 42.2 Å². The first-order chi connectivity index (χ1) is 14.6. The van der Waals surface area contributed by atoms with Crippen LogP contribution in [0.4, 0.5) is 5.69 Å². The average molecular weight is 402 g/mol. The molecule has 1 N–H and O–H groups in total. The summed E-state index contributed by atoms with van der Waals surface area (Å²) in [6.45, 7) is 0.866. The van der Waals surface area contributed by atoms with E-state index in [0.29, 0.717) is 17.9 Å². The third-order valence-corrected chi connectivity index (χ3v) is 7.18. The number of hydrogen-bond acceptors (Lipinski definition) is 4. The average Bonchev–Trinajstić information content (AvgIpc) is 3.48. The van der Waals surface area contributed by atoms with E-state index in [2.05, 4.69) is 34.1 Å². The lowest BCUT2D eigenvalue weighted by Crippen LogP contribution is -2.48. The van der Waals surface area contributed by atoms with Crippen molar-refractivity contribution in [3.63, 3.8) is 0 Å². The molecule has 2 aromatic carbocycles. The molecule has 0 unspecified atom stereocenters. The van der Waals surface area contributed by atoms with Crippen LogP contribution in [0.2, 0.25) is 0 Å². The molecule has 5 heteroatoms. The number of benzene rings is 2. The summed E-state index contributed by atoms with van der Waals surface area (Å²) in [5.41, 5.74) is 5.08. The number of likely N-dealkylation sites (N-methyl/N-ethyl adjacent to an activating group) is 1. The lowest BCUT2D eigenvalue weighted by atomic mass is 9.81. The number of carbonyl (C=O) groups is 1. The molecule has 2 aliphatic heterocycles. The maximum atomic E-state index is 13.1. The van der Waals surface area contributed by atoms with Gasteiger partial charge in [0.25, 0.3) is 0 Å². The van der Waals surface area contributed by atoms with E-state index in [9.17, 15) is 9.90 Å². The molecule has 1 saturated carbocycles. The number of likely N-dealkylation sites (tertiary alicyclic amines) is 1. The van der Waals surface area contributed by atoms with Gasteiger partial charge in [0, 0.05) is 31.6 Å². The summed E-state index contributed by atoms with van der Waals surface area (Å²) in [5, 5.41) is 19.2. The molecule has 154 valence electrons. The number of carbonyl (C=O) groups excluding carboxylic acids is 1. The molecule has 2 fully saturated rings. The van der Waals surface area contributed by atoms with Gasteiger partial charge in [0.2, 0.25) is 5.91 Å². The monoisotopic (exact) mass is 401 g/mol. The van der Waals surface area contributed by atoms with E-state index in [1.807, 2.05) is 31.3 Å². The Bertz CT molecular complexity index is 1010. The van der Waals surface area contributed by atoms with Gasteiger partial charge in [-0.05, 0) is 66.1 Å². The topological polar surface area (TPSA) is 67.6 Å². The van der Waals surface area contributed by atoms with Crippen molar-refractivity contribution < 1.29 is 9.90 Å². The predicted octanol–water partition coefficient (Wildman–Crippen LogP) is 3.73. The molecule has 3 aliphatic rings. The first-order valence-electron chi connectivity index (χ1n) is 10.9. The Morgan fingerprint density at radius 1 is 1.13 bits per heavy atom. The largest absolute Gasteiger partial charge is 0.394 e. The fraction of sp³-hybridized carbons (Fsp3) is 0.440. The summed E-state index contributed by atoms with van der Waals surface area (Å²) in [5.74, 6) is 1.08. The van der Waals surface area contributed by atoms with E-state index in [1.165, 1.54) is 18.4 Å². The highest BCUT2D eigenvalue weighted by atomic mass is 16.3. The number of anilines is 1. The molecule has 1 amide bonds. The van der Waals surface area contributed by atoms with Gasteiger partial charge in [0.1, 0.15) is 0 Å². The molecule has 5 nitrogen and oxygen atoms in total. The van der Waals surface area contributed by atoms with Gasteiger partial charge in [0.15, 0.2) is 0 Å². The molecule has 0 bridgehead atoms. The van der Waals surface area contributed by atoms with Crippen molar-refractivity contribution >= 4 is 11.6 Å². The highest BCUT2D eigenvalue weighted by molar-refractivity contribution is 5.79. The van der Waals surface area contributed by atoms with Gasteiger partial charge in [-0.3, -0.25) is 4.79 Å². The Hall–Kier alpha value is -2.84. The molecule has 2 aromatic rings. The molecule has 0 aromatic heterocycles. The number of rotatable bonds is 4. The van der Waals surface area contributed by atoms with E-state index in [-0.39, 0.29) is 30.5 Å². The van der Waals surface area contributed by atoms with Gasteiger partial charge in [-0.25, -0.2) is 0 Å². The second-order valence-electron chi connectivity index (χ2n) is 8.96. The van der Waals surface area contributed by atoms with E-state index in [4.69, 9.17) is 5.26 Å². The maximum Gasteiger partial charge on any atom is 0.223 e. The van der Waals surface area contributed by atoms with Gasteiger partial charge >= 0.3 is 0 Å². The molecule has 3 atom stereocenters. The third kappa shape index (κ3) is 3.16. The van der Waals surface area contributed by atoms with Crippen LogP contribution in [0, 0.1) is 23.2 Å². The summed E-state index contributed by atoms with van der Waals surface area (Å²) < 4.78 is 0. The molecule has 2 heterocycles. The van der Waals surface area contributed by atoms with Crippen LogP contribution in [-0.2, 0) is 4.79 Å². The molecule has 1 saturated heterocycles. The molecule has 0 radical (unpaired) electrons. The molecule has 30 heavy (non-hydrogen) atoms. The highest BCUT2D eigenvalue weighted by Crippen LogP contribution is 2.50. The number of amides is 1. The Kier molecular flexibility index (Phi) is 4.75. The summed E-state index contributed by atoms with van der Waals surface area (Å²) in [6.07, 6.45) is 3.94. The van der Waals surface area contributed by atoms with E-state index >= 15 is 0 Å². The summed E-state index contributed by atoms with van der Waals surface area (Å²) in [7, 11) is 2.05. The van der Waals surface area contributed by atoms with Crippen molar-refractivity contribution in [1.82, 2.24) is 4.90 Å². The zero-order chi connectivity index (χ0) is 20.8. The summed E-state index contributed by atoms with van der Waals surface area (Å²) in [4.78, 5) is 17.4. The van der Waals surface area contributed by atoms with Crippen LogP contribution in [0.15, 0.2) is 42.5 Å². The van der Waals surface area contributed by atoms with Gasteiger partial charge in [-0.1, -0.05) is 18.2 Å². The molecular weight excluding hydrogens is 374 g/mol. The van der Waals surface area contributed by atoms with Crippen molar-refractivity contribution in [2.45, 2.75) is 37.8 Å². The highest BCUT2D eigenvalue weighted by Gasteiger charge is 2.48. The molecular formula is C25H27N3O2. The van der Waals surface area contributed by atoms with E-state index in [1.54, 1.807) is 0 Å². The number of aliphatic hydroxyl groups excluding tert-OH is 1. The van der Waals surface area contributed by atoms with Crippen molar-refractivity contribution in [3.05, 3.63) is 53.6 Å². The van der Waals surface area contributed by atoms with Crippen molar-refractivity contribution in [2.24, 2.45) is 11.8 Å². The SMILES string of the molecule is CN1c2ccc(-c3ccc(C#N)cc3)cc2[C@@H]2[C@@H](CCN2C(=O)CC2CC2)[C@H]1CO. The smallest absolute Gasteiger partial charge is 0.223 e. The third-order valence-electron chi connectivity index (χ3n) is 7.18. The van der Waals surface area contributed by atoms with Crippen LogP contribution < -0.4 is 4.90 Å². The quantitative estimate of drug-likeness (QED) is 0.848. The maximum absolute atomic E-state index is 13.1. The number of nitrogens with zero attached hydrogens (tertiary/aromatic N) is 3. The minimum absolute atomic E-state index is 0.0259. The van der Waals surface area contributed by atoms with Crippen LogP contribution >= 0.6 is 0 Å². The second kappa shape index (κ2) is 7.45. The van der Waals surface area contributed by atoms with Gasteiger partial charge < -0.3 is 14.9 Å². The predicted molar refractivity (Wildman–Crippen MR) is 116 cm³/mol. The lowest BCUT2D eigenvalue weighted by Gasteiger charge is -2.44. The van der Waals surface area contributed by atoms with Crippen molar-refractivity contribution in [3.8, 4) is 17.2 Å². The fourth-order valence-electron chi connectivity index (χ4n) is 5.34. The van der Waals surface area contributed by atoms with Gasteiger partial charge in [0.05, 0.1) is 30.3 Å². The molecule has 5 rings (SSSR count). The Morgan fingerprint density at radius 3 is 2.53 bits per heavy atom. The Morgan fingerprint density at radius 2 is 1.87 bits per heavy atom. The van der Waals surface area contributed by atoms with Gasteiger partial charge in [-0.15, -0.1) is 0 Å². The second-order valence-corrected chi connectivity index (χ2v) is 8.96. The fourth-order valence-corrected chi connectivity index (χ4v) is 5.34. The summed E-state index contributed by atoms with van der Waals surface area (Å²) in [6, 6.07) is 16.3. The lowest BCUT2D eigenvalue weighted by molar-refractivity contribution is -0.133. The zero-order valence-electron chi connectivity index (χ0n) is 17.3. The standard InChI is InChI=1S/C25H27N3O2/c1-27-22-9-8-19(18-6-4-17(14-26)5-7-18)13-21(22)25-20(23(27)15-29)10-11-28(25)24(30)12-16-2-3-16/h4-9,13,16,20,23,25,29H,2-3,10-12,15H2,1H3/t20-,23+,25-/m0/s1. The van der Waals surface area contributed by atoms with Gasteiger partial charge in [-0.2, -0.15) is 5.26 Å². The minimum Gasteiger partial charge on any atom is -0.394 e. The number of aliphatic hydroxyl groups is 1. The number of nitriles is 1. The first kappa shape index (κ1) is 19.1. The van der Waals surface area contributed by atoms with Crippen molar-refractivity contribution in [2.75, 3.05) is 25.1 Å². The van der Waals surface area contributed by atoms with Crippen molar-refractivity contribution in [1.29, 1.82) is 5.26 Å². The number of hydrogen-bond donors (Lipinski definition) is 1. The van der Waals surface area contributed by atoms with Crippen LogP contribution in [0.1, 0.15) is 42.9 Å². The van der Waals surface area contributed by atoms with Crippen LogP contribution in [0.25, 0.3) is 11.1 Å². The van der Waals surface area contributed by atoms with Crippen LogP contribution in [0.3, 0.4) is 0 Å². The Labute approximate surface area is 177 Å². The normalized spacial score (nSPS) is 24.9. The van der Waals surface area contributed by atoms with E-state index in [0.717, 1.165) is 29.8 Å². The molecule has 1 aliphatic carbocycles. The minimum atomic E-state index is 0.0259.